The lowest BCUT2D eigenvalue weighted by Crippen LogP contribution is -2.33. The Morgan fingerprint density at radius 3 is 2.46 bits per heavy atom. The summed E-state index contributed by atoms with van der Waals surface area (Å²) in [5, 5.41) is 0. The highest BCUT2D eigenvalue weighted by molar-refractivity contribution is 5.77. The van der Waals surface area contributed by atoms with Gasteiger partial charge in [-0.25, -0.2) is 0 Å². The number of amides is 1. The van der Waals surface area contributed by atoms with Gasteiger partial charge in [-0.3, -0.25) is 4.79 Å². The maximum absolute atomic E-state index is 12.7. The number of hydrogen-bond acceptors (Lipinski definition) is 4. The van der Waals surface area contributed by atoms with Gasteiger partial charge < -0.3 is 19.1 Å². The summed E-state index contributed by atoms with van der Waals surface area (Å²) in [5.41, 5.74) is 0.955. The highest BCUT2D eigenvalue weighted by Crippen LogP contribution is 2.32. The van der Waals surface area contributed by atoms with Crippen LogP contribution in [0.5, 0.6) is 17.2 Å². The van der Waals surface area contributed by atoms with E-state index < -0.39 is 0 Å². The van der Waals surface area contributed by atoms with Crippen LogP contribution in [0.2, 0.25) is 0 Å². The van der Waals surface area contributed by atoms with Crippen LogP contribution >= 0.6 is 0 Å². The van der Waals surface area contributed by atoms with E-state index in [0.717, 1.165) is 35.7 Å². The standard InChI is InChI=1S/C21H25NO4/c1-24-19-10-11-20(25-2)16(14-19)15-22(17-8-9-17)21(23)12-13-26-18-6-4-3-5-7-18/h3-7,10-11,14,17H,8-9,12-13,15H2,1-2H3. The molecule has 26 heavy (non-hydrogen) atoms. The van der Waals surface area contributed by atoms with Gasteiger partial charge in [-0.2, -0.15) is 0 Å². The molecule has 0 saturated heterocycles. The molecule has 0 bridgehead atoms. The largest absolute Gasteiger partial charge is 0.497 e. The van der Waals surface area contributed by atoms with Crippen molar-refractivity contribution in [3.63, 3.8) is 0 Å². The Bertz CT molecular complexity index is 728. The molecule has 0 unspecified atom stereocenters. The van der Waals surface area contributed by atoms with Crippen molar-refractivity contribution < 1.29 is 19.0 Å². The van der Waals surface area contributed by atoms with Gasteiger partial charge in [0.15, 0.2) is 0 Å². The summed E-state index contributed by atoms with van der Waals surface area (Å²) in [4.78, 5) is 14.7. The molecule has 1 saturated carbocycles. The van der Waals surface area contributed by atoms with E-state index in [1.165, 1.54) is 0 Å². The molecule has 2 aromatic carbocycles. The summed E-state index contributed by atoms with van der Waals surface area (Å²) in [6.45, 7) is 0.899. The molecule has 0 aliphatic heterocycles. The van der Waals surface area contributed by atoms with Gasteiger partial charge in [0.1, 0.15) is 17.2 Å². The van der Waals surface area contributed by atoms with Gasteiger partial charge in [-0.15, -0.1) is 0 Å². The Morgan fingerprint density at radius 1 is 1.04 bits per heavy atom. The van der Waals surface area contributed by atoms with Crippen molar-refractivity contribution in [2.24, 2.45) is 0 Å². The zero-order valence-electron chi connectivity index (χ0n) is 15.3. The molecule has 2 aromatic rings. The number of methoxy groups -OCH3 is 2. The van der Waals surface area contributed by atoms with E-state index in [9.17, 15) is 4.79 Å². The second kappa shape index (κ2) is 8.61. The second-order valence-corrected chi connectivity index (χ2v) is 6.34. The summed E-state index contributed by atoms with van der Waals surface area (Å²) in [6.07, 6.45) is 2.47. The number of para-hydroxylation sites is 1. The quantitative estimate of drug-likeness (QED) is 0.689. The molecule has 0 heterocycles. The van der Waals surface area contributed by atoms with Gasteiger partial charge in [0.2, 0.25) is 5.91 Å². The minimum absolute atomic E-state index is 0.105. The Morgan fingerprint density at radius 2 is 1.81 bits per heavy atom. The summed E-state index contributed by atoms with van der Waals surface area (Å²) < 4.78 is 16.4. The van der Waals surface area contributed by atoms with Gasteiger partial charge in [0, 0.05) is 18.2 Å². The third-order valence-corrected chi connectivity index (χ3v) is 4.46. The van der Waals surface area contributed by atoms with Crippen molar-refractivity contribution in [1.29, 1.82) is 0 Å². The van der Waals surface area contributed by atoms with Gasteiger partial charge in [0.25, 0.3) is 0 Å². The minimum atomic E-state index is 0.105. The molecule has 0 aromatic heterocycles. The van der Waals surface area contributed by atoms with Crippen LogP contribution in [0.1, 0.15) is 24.8 Å². The lowest BCUT2D eigenvalue weighted by Gasteiger charge is -2.24. The average Bonchev–Trinajstić information content (AvgIpc) is 3.51. The zero-order chi connectivity index (χ0) is 18.4. The fourth-order valence-corrected chi connectivity index (χ4v) is 2.91. The van der Waals surface area contributed by atoms with Crippen molar-refractivity contribution in [2.75, 3.05) is 20.8 Å². The van der Waals surface area contributed by atoms with Crippen LogP contribution in [0.3, 0.4) is 0 Å². The fourth-order valence-electron chi connectivity index (χ4n) is 2.91. The molecular formula is C21H25NO4. The first-order valence-corrected chi connectivity index (χ1v) is 8.89. The lowest BCUT2D eigenvalue weighted by atomic mass is 10.1. The number of hydrogen-bond donors (Lipinski definition) is 0. The van der Waals surface area contributed by atoms with Gasteiger partial charge in [0.05, 0.1) is 27.2 Å². The Kier molecular flexibility index (Phi) is 6.00. The fraction of sp³-hybridized carbons (Fsp3) is 0.381. The molecule has 0 atom stereocenters. The molecule has 0 N–H and O–H groups in total. The molecule has 1 aliphatic carbocycles. The number of benzene rings is 2. The van der Waals surface area contributed by atoms with Crippen molar-refractivity contribution in [3.05, 3.63) is 54.1 Å². The highest BCUT2D eigenvalue weighted by Gasteiger charge is 2.32. The SMILES string of the molecule is COc1ccc(OC)c(CN(C(=O)CCOc2ccccc2)C2CC2)c1. The first-order chi connectivity index (χ1) is 12.7. The molecule has 1 fully saturated rings. The summed E-state index contributed by atoms with van der Waals surface area (Å²) in [7, 11) is 3.28. The summed E-state index contributed by atoms with van der Waals surface area (Å²) >= 11 is 0. The third-order valence-electron chi connectivity index (χ3n) is 4.46. The lowest BCUT2D eigenvalue weighted by molar-refractivity contribution is -0.133. The van der Waals surface area contributed by atoms with Crippen molar-refractivity contribution >= 4 is 5.91 Å². The van der Waals surface area contributed by atoms with Crippen LogP contribution in [0.15, 0.2) is 48.5 Å². The van der Waals surface area contributed by atoms with E-state index in [2.05, 4.69) is 0 Å². The van der Waals surface area contributed by atoms with E-state index >= 15 is 0 Å². The third kappa shape index (κ3) is 4.69. The highest BCUT2D eigenvalue weighted by atomic mass is 16.5. The van der Waals surface area contributed by atoms with E-state index in [-0.39, 0.29) is 5.91 Å². The number of nitrogens with zero attached hydrogens (tertiary/aromatic N) is 1. The number of ether oxygens (including phenoxy) is 3. The average molecular weight is 355 g/mol. The topological polar surface area (TPSA) is 48.0 Å². The smallest absolute Gasteiger partial charge is 0.226 e. The summed E-state index contributed by atoms with van der Waals surface area (Å²) in [5.74, 6) is 2.42. The second-order valence-electron chi connectivity index (χ2n) is 6.34. The molecule has 0 radical (unpaired) electrons. The molecule has 1 amide bonds. The summed E-state index contributed by atoms with van der Waals surface area (Å²) in [6, 6.07) is 15.5. The predicted molar refractivity (Wildman–Crippen MR) is 99.7 cm³/mol. The van der Waals surface area contributed by atoms with Crippen LogP contribution in [-0.2, 0) is 11.3 Å². The maximum Gasteiger partial charge on any atom is 0.226 e. The predicted octanol–water partition coefficient (Wildman–Crippen LogP) is 3.66. The Balaban J connectivity index is 1.63. The van der Waals surface area contributed by atoms with Crippen LogP contribution in [0.4, 0.5) is 0 Å². The Labute approximate surface area is 154 Å². The van der Waals surface area contributed by atoms with Crippen molar-refractivity contribution in [2.45, 2.75) is 31.8 Å². The van der Waals surface area contributed by atoms with Crippen LogP contribution in [-0.4, -0.2) is 37.7 Å². The first kappa shape index (κ1) is 18.1. The van der Waals surface area contributed by atoms with E-state index in [4.69, 9.17) is 14.2 Å². The molecule has 138 valence electrons. The minimum Gasteiger partial charge on any atom is -0.497 e. The van der Waals surface area contributed by atoms with E-state index in [1.54, 1.807) is 14.2 Å². The molecule has 5 nitrogen and oxygen atoms in total. The van der Waals surface area contributed by atoms with E-state index in [0.29, 0.717) is 25.6 Å². The number of carbonyl (C=O) groups excluding carboxylic acids is 1. The van der Waals surface area contributed by atoms with Gasteiger partial charge >= 0.3 is 0 Å². The zero-order valence-corrected chi connectivity index (χ0v) is 15.3. The first-order valence-electron chi connectivity index (χ1n) is 8.89. The molecule has 5 heteroatoms. The molecular weight excluding hydrogens is 330 g/mol. The van der Waals surface area contributed by atoms with Crippen molar-refractivity contribution in [3.8, 4) is 17.2 Å². The Hall–Kier alpha value is -2.69. The van der Waals surface area contributed by atoms with Gasteiger partial charge in [-0.1, -0.05) is 18.2 Å². The molecule has 0 spiro atoms. The van der Waals surface area contributed by atoms with Crippen LogP contribution in [0.25, 0.3) is 0 Å². The maximum atomic E-state index is 12.7. The number of rotatable bonds is 9. The van der Waals surface area contributed by atoms with Gasteiger partial charge in [-0.05, 0) is 43.2 Å². The normalized spacial score (nSPS) is 13.2. The van der Waals surface area contributed by atoms with Crippen LogP contribution < -0.4 is 14.2 Å². The molecule has 1 aliphatic rings. The van der Waals surface area contributed by atoms with Crippen molar-refractivity contribution in [1.82, 2.24) is 4.90 Å². The van der Waals surface area contributed by atoms with Crippen LogP contribution in [0, 0.1) is 0 Å². The number of carbonyl (C=O) groups is 1. The molecule has 3 rings (SSSR count). The van der Waals surface area contributed by atoms with E-state index in [1.807, 2.05) is 53.4 Å². The monoisotopic (exact) mass is 355 g/mol.